The van der Waals surface area contributed by atoms with Gasteiger partial charge < -0.3 is 15.8 Å². The lowest BCUT2D eigenvalue weighted by molar-refractivity contribution is -0.221. The number of rotatable bonds is 9. The highest BCUT2D eigenvalue weighted by atomic mass is 16.8. The summed E-state index contributed by atoms with van der Waals surface area (Å²) in [5, 5.41) is 10.8. The van der Waals surface area contributed by atoms with E-state index in [1.165, 1.54) is 12.7 Å². The van der Waals surface area contributed by atoms with Gasteiger partial charge >= 0.3 is 0 Å². The van der Waals surface area contributed by atoms with E-state index in [4.69, 9.17) is 20.5 Å². The third-order valence-electron chi connectivity index (χ3n) is 8.35. The van der Waals surface area contributed by atoms with Gasteiger partial charge in [-0.25, -0.2) is 20.1 Å². The summed E-state index contributed by atoms with van der Waals surface area (Å²) < 4.78 is 8.07. The monoisotopic (exact) mass is 570 g/mol. The van der Waals surface area contributed by atoms with Crippen molar-refractivity contribution in [1.29, 1.82) is 0 Å². The number of carbonyl (C=O) groups excluding carboxylic acids is 1. The standard InChI is InChI=1S/C31H38N8O3/c1-20-8-9-21(16-20)17-27(40)37-42-38-14-12-23(13-15-38)39-31-28(30(32)34-19-35-31)29(36-39)22-10-11-26(25(18-22)33-2)41-24-6-4-3-5-7-24/h3-7,10-11,18-21,23,33H,8-9,12-17H2,1-2H3,(H,37,40)(H2,32,34,35). The van der Waals surface area contributed by atoms with Gasteiger partial charge in [0.05, 0.1) is 17.1 Å². The Kier molecular flexibility index (Phi) is 8.20. The second-order valence-corrected chi connectivity index (χ2v) is 11.4. The van der Waals surface area contributed by atoms with Gasteiger partial charge in [-0.2, -0.15) is 15.1 Å². The smallest absolute Gasteiger partial charge is 0.245 e. The van der Waals surface area contributed by atoms with Crippen LogP contribution in [-0.4, -0.2) is 50.9 Å². The molecule has 1 aliphatic heterocycles. The maximum atomic E-state index is 12.4. The number of nitrogens with zero attached hydrogens (tertiary/aromatic N) is 5. The van der Waals surface area contributed by atoms with Crippen LogP contribution < -0.4 is 21.3 Å². The summed E-state index contributed by atoms with van der Waals surface area (Å²) in [7, 11) is 1.86. The molecule has 42 heavy (non-hydrogen) atoms. The lowest BCUT2D eigenvalue weighted by Gasteiger charge is -2.30. The Hall–Kier alpha value is -4.22. The summed E-state index contributed by atoms with van der Waals surface area (Å²) in [4.78, 5) is 26.9. The van der Waals surface area contributed by atoms with E-state index in [1.807, 2.05) is 65.3 Å². The van der Waals surface area contributed by atoms with Crippen LogP contribution in [0.2, 0.25) is 0 Å². The number of ether oxygens (including phenoxy) is 1. The van der Waals surface area contributed by atoms with Gasteiger partial charge in [-0.3, -0.25) is 4.79 Å². The van der Waals surface area contributed by atoms with E-state index in [0.29, 0.717) is 48.6 Å². The number of piperidine rings is 1. The number of hydrogen-bond donors (Lipinski definition) is 3. The number of carbonyl (C=O) groups is 1. The van der Waals surface area contributed by atoms with Crippen LogP contribution in [0.25, 0.3) is 22.3 Å². The molecule has 0 spiro atoms. The predicted octanol–water partition coefficient (Wildman–Crippen LogP) is 5.34. The van der Waals surface area contributed by atoms with E-state index in [2.05, 4.69) is 27.7 Å². The Bertz CT molecular complexity index is 1530. The van der Waals surface area contributed by atoms with Crippen molar-refractivity contribution < 1.29 is 14.5 Å². The van der Waals surface area contributed by atoms with E-state index >= 15 is 0 Å². The first-order valence-corrected chi connectivity index (χ1v) is 14.7. The zero-order chi connectivity index (χ0) is 29.1. The molecule has 4 aromatic rings. The molecule has 6 rings (SSSR count). The molecule has 2 aromatic carbocycles. The van der Waals surface area contributed by atoms with Crippen LogP contribution in [-0.2, 0) is 9.73 Å². The second kappa shape index (κ2) is 12.3. The van der Waals surface area contributed by atoms with Crippen LogP contribution in [0, 0.1) is 11.8 Å². The van der Waals surface area contributed by atoms with E-state index in [0.717, 1.165) is 53.8 Å². The van der Waals surface area contributed by atoms with Gasteiger partial charge in [0.1, 0.15) is 23.6 Å². The molecule has 11 heteroatoms. The predicted molar refractivity (Wildman–Crippen MR) is 161 cm³/mol. The van der Waals surface area contributed by atoms with Gasteiger partial charge in [-0.1, -0.05) is 31.5 Å². The van der Waals surface area contributed by atoms with Crippen LogP contribution in [0.3, 0.4) is 0 Å². The van der Waals surface area contributed by atoms with Gasteiger partial charge in [-0.05, 0) is 67.9 Å². The third kappa shape index (κ3) is 6.02. The molecule has 11 nitrogen and oxygen atoms in total. The fourth-order valence-corrected chi connectivity index (χ4v) is 6.14. The SMILES string of the molecule is CNc1cc(-c2nn(C3CCN(ONC(=O)CC4CCC(C)C4)CC3)c3ncnc(N)c23)ccc1Oc1ccccc1. The second-order valence-electron chi connectivity index (χ2n) is 11.4. The number of hydrogen-bond acceptors (Lipinski definition) is 9. The number of aromatic nitrogens is 4. The maximum Gasteiger partial charge on any atom is 0.245 e. The molecule has 1 saturated carbocycles. The summed E-state index contributed by atoms with van der Waals surface area (Å²) in [6, 6.07) is 15.7. The van der Waals surface area contributed by atoms with Crippen LogP contribution in [0.15, 0.2) is 54.9 Å². The molecule has 0 radical (unpaired) electrons. The Morgan fingerprint density at radius 1 is 1.07 bits per heavy atom. The largest absolute Gasteiger partial charge is 0.455 e. The van der Waals surface area contributed by atoms with E-state index in [1.54, 1.807) is 0 Å². The molecular weight excluding hydrogens is 532 g/mol. The average molecular weight is 571 g/mol. The fourth-order valence-electron chi connectivity index (χ4n) is 6.14. The number of nitrogens with two attached hydrogens (primary N) is 1. The number of anilines is 2. The number of fused-ring (bicyclic) bond motifs is 1. The molecule has 0 bridgehead atoms. The first kappa shape index (κ1) is 27.9. The van der Waals surface area contributed by atoms with Gasteiger partial charge in [0.2, 0.25) is 5.91 Å². The average Bonchev–Trinajstić information content (AvgIpc) is 3.61. The van der Waals surface area contributed by atoms with Gasteiger partial charge in [0.15, 0.2) is 11.4 Å². The summed E-state index contributed by atoms with van der Waals surface area (Å²) in [6.45, 7) is 3.55. The molecule has 2 atom stereocenters. The van der Waals surface area contributed by atoms with Crippen molar-refractivity contribution in [1.82, 2.24) is 30.3 Å². The van der Waals surface area contributed by atoms with E-state index in [-0.39, 0.29) is 11.9 Å². The van der Waals surface area contributed by atoms with Crippen LogP contribution in [0.5, 0.6) is 11.5 Å². The minimum atomic E-state index is -0.0489. The normalized spacial score (nSPS) is 19.7. The zero-order valence-corrected chi connectivity index (χ0v) is 24.1. The summed E-state index contributed by atoms with van der Waals surface area (Å²) in [5.41, 5.74) is 12.2. The number of benzene rings is 2. The van der Waals surface area contributed by atoms with Gasteiger partial charge in [-0.15, -0.1) is 0 Å². The Morgan fingerprint density at radius 3 is 2.62 bits per heavy atom. The third-order valence-corrected chi connectivity index (χ3v) is 8.35. The molecular formula is C31H38N8O3. The first-order valence-electron chi connectivity index (χ1n) is 14.7. The minimum absolute atomic E-state index is 0.0489. The van der Waals surface area contributed by atoms with E-state index < -0.39 is 0 Å². The molecule has 2 aromatic heterocycles. The lowest BCUT2D eigenvalue weighted by Crippen LogP contribution is -2.41. The minimum Gasteiger partial charge on any atom is -0.455 e. The highest BCUT2D eigenvalue weighted by Crippen LogP contribution is 2.38. The Balaban J connectivity index is 1.16. The van der Waals surface area contributed by atoms with Crippen molar-refractivity contribution in [3.8, 4) is 22.8 Å². The summed E-state index contributed by atoms with van der Waals surface area (Å²) >= 11 is 0. The number of nitrogens with one attached hydrogen (secondary N) is 2. The van der Waals surface area contributed by atoms with Crippen molar-refractivity contribution in [2.24, 2.45) is 11.8 Å². The fraction of sp³-hybridized carbons (Fsp3) is 0.419. The molecule has 1 aliphatic carbocycles. The molecule has 4 N–H and O–H groups in total. The van der Waals surface area contributed by atoms with Crippen LogP contribution in [0.4, 0.5) is 11.5 Å². The first-order chi connectivity index (χ1) is 20.5. The highest BCUT2D eigenvalue weighted by Gasteiger charge is 2.28. The van der Waals surface area contributed by atoms with E-state index in [9.17, 15) is 4.79 Å². The Morgan fingerprint density at radius 2 is 1.88 bits per heavy atom. The van der Waals surface area contributed by atoms with Gasteiger partial charge in [0.25, 0.3) is 0 Å². The van der Waals surface area contributed by atoms with Crippen LogP contribution >= 0.6 is 0 Å². The highest BCUT2D eigenvalue weighted by molar-refractivity contribution is 5.98. The molecule has 2 unspecified atom stereocenters. The lowest BCUT2D eigenvalue weighted by atomic mass is 10.0. The summed E-state index contributed by atoms with van der Waals surface area (Å²) in [5.74, 6) is 2.97. The number of para-hydroxylation sites is 1. The van der Waals surface area contributed by atoms with Gasteiger partial charge in [0, 0.05) is 32.1 Å². The molecule has 2 aliphatic rings. The van der Waals surface area contributed by atoms with Crippen LogP contribution in [0.1, 0.15) is 51.5 Å². The topological polar surface area (TPSA) is 132 Å². The summed E-state index contributed by atoms with van der Waals surface area (Å²) in [6.07, 6.45) is 7.01. The molecule has 1 amide bonds. The van der Waals surface area contributed by atoms with Crippen molar-refractivity contribution in [3.05, 3.63) is 54.9 Å². The van der Waals surface area contributed by atoms with Crippen molar-refractivity contribution in [2.75, 3.05) is 31.2 Å². The molecule has 1 saturated heterocycles. The number of nitrogen functional groups attached to an aromatic ring is 1. The van der Waals surface area contributed by atoms with Crippen molar-refractivity contribution in [2.45, 2.75) is 51.5 Å². The number of hydroxylamine groups is 3. The van der Waals surface area contributed by atoms with Crippen molar-refractivity contribution in [3.63, 3.8) is 0 Å². The molecule has 220 valence electrons. The number of amides is 1. The Labute approximate surface area is 245 Å². The van der Waals surface area contributed by atoms with Crippen molar-refractivity contribution >= 4 is 28.4 Å². The quantitative estimate of drug-likeness (QED) is 0.228. The molecule has 2 fully saturated rings. The zero-order valence-electron chi connectivity index (χ0n) is 24.1. The molecule has 3 heterocycles. The maximum absolute atomic E-state index is 12.4.